The lowest BCUT2D eigenvalue weighted by Gasteiger charge is -2.25. The van der Waals surface area contributed by atoms with E-state index in [-0.39, 0.29) is 0 Å². The zero-order valence-corrected chi connectivity index (χ0v) is 20.7. The van der Waals surface area contributed by atoms with E-state index in [1.807, 2.05) is 30.5 Å². The zero-order valence-electron chi connectivity index (χ0n) is 20.7. The van der Waals surface area contributed by atoms with Crippen LogP contribution >= 0.6 is 0 Å². The topological polar surface area (TPSA) is 29.3 Å². The van der Waals surface area contributed by atoms with Gasteiger partial charge in [-0.1, -0.05) is 84.9 Å². The van der Waals surface area contributed by atoms with Crippen LogP contribution in [0.1, 0.15) is 0 Å². The van der Waals surface area contributed by atoms with Crippen molar-refractivity contribution in [2.45, 2.75) is 0 Å². The first kappa shape index (κ1) is 22.1. The van der Waals surface area contributed by atoms with E-state index in [4.69, 9.17) is 4.42 Å². The van der Waals surface area contributed by atoms with Gasteiger partial charge in [0.1, 0.15) is 5.58 Å². The molecule has 0 saturated heterocycles. The molecule has 0 amide bonds. The normalized spacial score (nSPS) is 11.2. The molecule has 7 rings (SSSR count). The van der Waals surface area contributed by atoms with Crippen molar-refractivity contribution in [2.24, 2.45) is 0 Å². The summed E-state index contributed by atoms with van der Waals surface area (Å²) in [5.41, 5.74) is 9.75. The number of anilines is 3. The largest absolute Gasteiger partial charge is 0.454 e. The summed E-state index contributed by atoms with van der Waals surface area (Å²) < 4.78 is 6.02. The highest BCUT2D eigenvalue weighted by Gasteiger charge is 2.15. The second-order valence-corrected chi connectivity index (χ2v) is 9.32. The molecule has 0 aliphatic heterocycles. The lowest BCUT2D eigenvalue weighted by molar-refractivity contribution is 0.667. The summed E-state index contributed by atoms with van der Waals surface area (Å²) in [5.74, 6) is 0. The van der Waals surface area contributed by atoms with Crippen molar-refractivity contribution in [3.8, 4) is 22.3 Å². The summed E-state index contributed by atoms with van der Waals surface area (Å²) in [7, 11) is 0. The predicted octanol–water partition coefficient (Wildman–Crippen LogP) is 9.78. The molecule has 0 atom stereocenters. The minimum Gasteiger partial charge on any atom is -0.454 e. The number of pyridine rings is 1. The van der Waals surface area contributed by atoms with E-state index in [9.17, 15) is 0 Å². The van der Waals surface area contributed by atoms with Crippen molar-refractivity contribution >= 4 is 39.0 Å². The summed E-state index contributed by atoms with van der Waals surface area (Å²) in [6.45, 7) is 0. The molecule has 0 radical (unpaired) electrons. The minimum atomic E-state index is 0.800. The van der Waals surface area contributed by atoms with Crippen LogP contribution in [0.25, 0.3) is 44.2 Å². The predicted molar refractivity (Wildman–Crippen MR) is 157 cm³/mol. The Hall–Kier alpha value is -5.15. The van der Waals surface area contributed by atoms with E-state index in [1.54, 1.807) is 6.20 Å². The number of hydrogen-bond acceptors (Lipinski definition) is 3. The maximum Gasteiger partial charge on any atom is 0.153 e. The van der Waals surface area contributed by atoms with Crippen LogP contribution in [0.3, 0.4) is 0 Å². The van der Waals surface area contributed by atoms with E-state index in [0.29, 0.717) is 0 Å². The number of benzene rings is 5. The van der Waals surface area contributed by atoms with Crippen LogP contribution in [-0.4, -0.2) is 4.98 Å². The molecule has 2 heterocycles. The Bertz CT molecular complexity index is 1840. The van der Waals surface area contributed by atoms with Crippen LogP contribution < -0.4 is 4.90 Å². The van der Waals surface area contributed by atoms with Crippen LogP contribution in [0, 0.1) is 0 Å². The van der Waals surface area contributed by atoms with Gasteiger partial charge < -0.3 is 9.32 Å². The summed E-state index contributed by atoms with van der Waals surface area (Å²) in [4.78, 5) is 6.49. The highest BCUT2D eigenvalue weighted by molar-refractivity contribution is 6.06. The average Bonchev–Trinajstić information content (AvgIpc) is 3.37. The first-order chi connectivity index (χ1) is 18.8. The summed E-state index contributed by atoms with van der Waals surface area (Å²) in [5, 5.41) is 2.15. The number of hydrogen-bond donors (Lipinski definition) is 0. The molecule has 0 N–H and O–H groups in total. The molecule has 0 saturated carbocycles. The van der Waals surface area contributed by atoms with Gasteiger partial charge in [-0.15, -0.1) is 0 Å². The second-order valence-electron chi connectivity index (χ2n) is 9.32. The van der Waals surface area contributed by atoms with Gasteiger partial charge in [-0.2, -0.15) is 0 Å². The zero-order chi connectivity index (χ0) is 25.3. The van der Waals surface area contributed by atoms with Gasteiger partial charge in [0.25, 0.3) is 0 Å². The maximum atomic E-state index is 6.02. The first-order valence-corrected chi connectivity index (χ1v) is 12.7. The fourth-order valence-electron chi connectivity index (χ4n) is 5.07. The quantitative estimate of drug-likeness (QED) is 0.241. The number of nitrogens with zero attached hydrogens (tertiary/aromatic N) is 2. The minimum absolute atomic E-state index is 0.800. The molecule has 7 aromatic rings. The van der Waals surface area contributed by atoms with Crippen LogP contribution in [0.15, 0.2) is 150 Å². The van der Waals surface area contributed by atoms with Crippen molar-refractivity contribution < 1.29 is 4.42 Å². The smallest absolute Gasteiger partial charge is 0.153 e. The van der Waals surface area contributed by atoms with Gasteiger partial charge in [-0.05, 0) is 70.8 Å². The van der Waals surface area contributed by atoms with Gasteiger partial charge in [0.2, 0.25) is 0 Å². The highest BCUT2D eigenvalue weighted by Crippen LogP contribution is 2.39. The van der Waals surface area contributed by atoms with Crippen molar-refractivity contribution in [1.29, 1.82) is 0 Å². The molecular formula is C35H24N2O. The number of para-hydroxylation sites is 1. The lowest BCUT2D eigenvalue weighted by Crippen LogP contribution is -2.09. The number of rotatable bonds is 5. The Morgan fingerprint density at radius 2 is 1.00 bits per heavy atom. The molecule has 3 nitrogen and oxygen atoms in total. The Balaban J connectivity index is 1.27. The monoisotopic (exact) mass is 488 g/mol. The van der Waals surface area contributed by atoms with Crippen molar-refractivity contribution in [2.75, 3.05) is 4.90 Å². The molecule has 5 aromatic carbocycles. The molecule has 2 aromatic heterocycles. The molecule has 0 fully saturated rings. The Morgan fingerprint density at radius 1 is 0.447 bits per heavy atom. The molecule has 0 bridgehead atoms. The number of aromatic nitrogens is 1. The molecule has 0 unspecified atom stereocenters. The maximum absolute atomic E-state index is 6.02. The van der Waals surface area contributed by atoms with Crippen LogP contribution in [0.5, 0.6) is 0 Å². The molecule has 180 valence electrons. The third-order valence-electron chi connectivity index (χ3n) is 6.98. The molecule has 0 aliphatic rings. The van der Waals surface area contributed by atoms with Gasteiger partial charge in [0.15, 0.2) is 5.58 Å². The van der Waals surface area contributed by atoms with Gasteiger partial charge in [0, 0.05) is 34.0 Å². The van der Waals surface area contributed by atoms with Crippen LogP contribution in [0.4, 0.5) is 17.1 Å². The average molecular weight is 489 g/mol. The summed E-state index contributed by atoms with van der Waals surface area (Å²) in [6, 6.07) is 46.8. The SMILES string of the molecule is c1ccc(-c2ccc(-c3ccc(N(c4ccccc4)c4ccc5oc6cnccc6c5c4)cc3)cc2)cc1. The Labute approximate surface area is 221 Å². The first-order valence-electron chi connectivity index (χ1n) is 12.7. The summed E-state index contributed by atoms with van der Waals surface area (Å²) >= 11 is 0. The fraction of sp³-hybridized carbons (Fsp3) is 0. The van der Waals surface area contributed by atoms with E-state index in [0.717, 1.165) is 39.0 Å². The second kappa shape index (κ2) is 9.38. The Kier molecular flexibility index (Phi) is 5.45. The molecule has 3 heteroatoms. The van der Waals surface area contributed by atoms with Gasteiger partial charge >= 0.3 is 0 Å². The molecular weight excluding hydrogens is 464 g/mol. The summed E-state index contributed by atoms with van der Waals surface area (Å²) in [6.07, 6.45) is 3.58. The van der Waals surface area contributed by atoms with E-state index < -0.39 is 0 Å². The molecule has 0 aliphatic carbocycles. The lowest BCUT2D eigenvalue weighted by atomic mass is 10.00. The van der Waals surface area contributed by atoms with E-state index in [2.05, 4.69) is 119 Å². The van der Waals surface area contributed by atoms with E-state index in [1.165, 1.54) is 22.3 Å². The third-order valence-corrected chi connectivity index (χ3v) is 6.98. The van der Waals surface area contributed by atoms with Crippen molar-refractivity contribution in [1.82, 2.24) is 4.98 Å². The van der Waals surface area contributed by atoms with Gasteiger partial charge in [-0.25, -0.2) is 0 Å². The third kappa shape index (κ3) is 4.00. The number of furan rings is 1. The molecule has 0 spiro atoms. The molecule has 38 heavy (non-hydrogen) atoms. The van der Waals surface area contributed by atoms with Gasteiger partial charge in [-0.3, -0.25) is 4.98 Å². The van der Waals surface area contributed by atoms with Crippen LogP contribution in [0.2, 0.25) is 0 Å². The number of fused-ring (bicyclic) bond motifs is 3. The van der Waals surface area contributed by atoms with Crippen molar-refractivity contribution in [3.63, 3.8) is 0 Å². The van der Waals surface area contributed by atoms with Crippen molar-refractivity contribution in [3.05, 3.63) is 146 Å². The Morgan fingerprint density at radius 3 is 1.68 bits per heavy atom. The van der Waals surface area contributed by atoms with Crippen LogP contribution in [-0.2, 0) is 0 Å². The standard InChI is InChI=1S/C35H24N2O/c1-3-7-25(8-4-1)26-11-13-27(14-12-26)28-15-17-30(18-16-28)37(29-9-5-2-6-10-29)31-19-20-34-33(23-31)32-21-22-36-24-35(32)38-34/h1-24H. The highest BCUT2D eigenvalue weighted by atomic mass is 16.3. The van der Waals surface area contributed by atoms with Gasteiger partial charge in [0.05, 0.1) is 6.20 Å². The van der Waals surface area contributed by atoms with E-state index >= 15 is 0 Å². The fourth-order valence-corrected chi connectivity index (χ4v) is 5.07.